The fourth-order valence-electron chi connectivity index (χ4n) is 2.76. The Kier molecular flexibility index (Phi) is 2.83. The molecule has 0 spiro atoms. The number of aryl methyl sites for hydroxylation is 1. The lowest BCUT2D eigenvalue weighted by molar-refractivity contribution is 0.364. The van der Waals surface area contributed by atoms with E-state index < -0.39 is 0 Å². The second-order valence-electron chi connectivity index (χ2n) is 5.37. The summed E-state index contributed by atoms with van der Waals surface area (Å²) in [5.74, 6) is 1.75. The Hall–Kier alpha value is -2.44. The largest absolute Gasteiger partial charge is 0.352 e. The summed E-state index contributed by atoms with van der Waals surface area (Å²) in [5.41, 5.74) is 1.08. The molecule has 0 saturated carbocycles. The van der Waals surface area contributed by atoms with Crippen molar-refractivity contribution in [2.24, 2.45) is 0 Å². The summed E-state index contributed by atoms with van der Waals surface area (Å²) in [6.07, 6.45) is 7.44. The zero-order chi connectivity index (χ0) is 14.2. The molecule has 0 atom stereocenters. The van der Waals surface area contributed by atoms with Crippen LogP contribution in [-0.4, -0.2) is 42.5 Å². The number of nitrogens with zero attached hydrogens (tertiary/aromatic N) is 7. The zero-order valence-electron chi connectivity index (χ0n) is 11.9. The highest BCUT2D eigenvalue weighted by molar-refractivity contribution is 5.49. The van der Waals surface area contributed by atoms with Crippen molar-refractivity contribution in [3.8, 4) is 0 Å². The Morgan fingerprint density at radius 2 is 2.19 bits per heavy atom. The summed E-state index contributed by atoms with van der Waals surface area (Å²) in [7, 11) is 0. The normalized spacial score (nSPS) is 15.6. The van der Waals surface area contributed by atoms with Gasteiger partial charge in [0.25, 0.3) is 5.78 Å². The van der Waals surface area contributed by atoms with Crippen molar-refractivity contribution < 1.29 is 0 Å². The molecule has 7 nitrogen and oxygen atoms in total. The Balaban J connectivity index is 1.63. The van der Waals surface area contributed by atoms with E-state index >= 15 is 0 Å². The maximum absolute atomic E-state index is 4.54. The summed E-state index contributed by atoms with van der Waals surface area (Å²) in [6.45, 7) is 4.03. The predicted octanol–water partition coefficient (Wildman–Crippen LogP) is 1.33. The minimum absolute atomic E-state index is 0.432. The van der Waals surface area contributed by atoms with Crippen LogP contribution in [0.2, 0.25) is 0 Å². The summed E-state index contributed by atoms with van der Waals surface area (Å²) in [5, 5.41) is 8.60. The number of hydrogen-bond acceptors (Lipinski definition) is 5. The van der Waals surface area contributed by atoms with Crippen molar-refractivity contribution in [2.45, 2.75) is 25.8 Å². The van der Waals surface area contributed by atoms with Crippen LogP contribution in [0.5, 0.6) is 0 Å². The molecular formula is C14H17N7. The molecule has 1 aliphatic rings. The Morgan fingerprint density at radius 1 is 1.29 bits per heavy atom. The van der Waals surface area contributed by atoms with E-state index in [0.717, 1.165) is 37.4 Å². The number of anilines is 1. The maximum Gasteiger partial charge on any atom is 0.254 e. The Morgan fingerprint density at radius 3 is 2.95 bits per heavy atom. The van der Waals surface area contributed by atoms with Gasteiger partial charge in [-0.2, -0.15) is 19.7 Å². The molecule has 3 aromatic rings. The van der Waals surface area contributed by atoms with Crippen molar-refractivity contribution in [3.63, 3.8) is 0 Å². The standard InChI is InChI=1S/C14H17N7/c1-2-4-11-7-13(21-14(18-11)15-10-17-21)19-8-12(9-19)20-6-3-5-16-20/h3,5-7,10,12H,2,4,8-9H2,1H3. The third-order valence-corrected chi connectivity index (χ3v) is 3.88. The molecule has 3 aromatic heterocycles. The lowest BCUT2D eigenvalue weighted by Gasteiger charge is -2.40. The molecule has 4 heterocycles. The molecule has 7 heteroatoms. The monoisotopic (exact) mass is 283 g/mol. The van der Waals surface area contributed by atoms with Crippen LogP contribution >= 0.6 is 0 Å². The van der Waals surface area contributed by atoms with Crippen LogP contribution in [0.4, 0.5) is 5.82 Å². The molecule has 0 radical (unpaired) electrons. The third-order valence-electron chi connectivity index (χ3n) is 3.88. The van der Waals surface area contributed by atoms with Crippen LogP contribution < -0.4 is 4.90 Å². The van der Waals surface area contributed by atoms with Crippen LogP contribution in [0, 0.1) is 0 Å². The molecule has 1 saturated heterocycles. The maximum atomic E-state index is 4.54. The van der Waals surface area contributed by atoms with E-state index in [1.807, 2.05) is 27.7 Å². The van der Waals surface area contributed by atoms with Gasteiger partial charge in [0.05, 0.1) is 6.04 Å². The minimum atomic E-state index is 0.432. The van der Waals surface area contributed by atoms with Gasteiger partial charge in [0, 0.05) is 37.2 Å². The average molecular weight is 283 g/mol. The number of aromatic nitrogens is 6. The van der Waals surface area contributed by atoms with Gasteiger partial charge in [0.1, 0.15) is 12.1 Å². The molecule has 21 heavy (non-hydrogen) atoms. The zero-order valence-corrected chi connectivity index (χ0v) is 11.9. The molecule has 4 rings (SSSR count). The van der Waals surface area contributed by atoms with Crippen LogP contribution in [0.15, 0.2) is 30.9 Å². The molecule has 1 aliphatic heterocycles. The van der Waals surface area contributed by atoms with Gasteiger partial charge >= 0.3 is 0 Å². The number of hydrogen-bond donors (Lipinski definition) is 0. The van der Waals surface area contributed by atoms with Gasteiger partial charge in [-0.05, 0) is 12.5 Å². The summed E-state index contributed by atoms with van der Waals surface area (Å²) in [6, 6.07) is 4.52. The van der Waals surface area contributed by atoms with Gasteiger partial charge in [-0.25, -0.2) is 4.98 Å². The van der Waals surface area contributed by atoms with Gasteiger partial charge in [-0.1, -0.05) is 13.3 Å². The van der Waals surface area contributed by atoms with Gasteiger partial charge < -0.3 is 4.90 Å². The second kappa shape index (κ2) is 4.83. The molecule has 0 N–H and O–H groups in total. The lowest BCUT2D eigenvalue weighted by atomic mass is 10.1. The molecule has 0 aromatic carbocycles. The Labute approximate surface area is 122 Å². The van der Waals surface area contributed by atoms with Gasteiger partial charge in [0.2, 0.25) is 0 Å². The first-order valence-corrected chi connectivity index (χ1v) is 7.29. The van der Waals surface area contributed by atoms with E-state index in [4.69, 9.17) is 0 Å². The Bertz CT molecular complexity index is 740. The third kappa shape index (κ3) is 2.05. The molecule has 0 unspecified atom stereocenters. The van der Waals surface area contributed by atoms with Crippen molar-refractivity contribution in [2.75, 3.05) is 18.0 Å². The van der Waals surface area contributed by atoms with Crippen molar-refractivity contribution in [1.29, 1.82) is 0 Å². The van der Waals surface area contributed by atoms with Crippen LogP contribution in [0.3, 0.4) is 0 Å². The lowest BCUT2D eigenvalue weighted by Crippen LogP contribution is -2.48. The first kappa shape index (κ1) is 12.3. The molecule has 0 amide bonds. The van der Waals surface area contributed by atoms with Gasteiger partial charge in [-0.15, -0.1) is 0 Å². The highest BCUT2D eigenvalue weighted by Crippen LogP contribution is 2.27. The van der Waals surface area contributed by atoms with E-state index in [0.29, 0.717) is 11.8 Å². The van der Waals surface area contributed by atoms with Crippen molar-refractivity contribution in [3.05, 3.63) is 36.5 Å². The highest BCUT2D eigenvalue weighted by atomic mass is 15.4. The molecule has 1 fully saturated rings. The van der Waals surface area contributed by atoms with E-state index in [1.54, 1.807) is 6.33 Å². The average Bonchev–Trinajstić information content (AvgIpc) is 3.07. The molecule has 0 aliphatic carbocycles. The van der Waals surface area contributed by atoms with Crippen LogP contribution in [-0.2, 0) is 6.42 Å². The first-order chi connectivity index (χ1) is 10.3. The van der Waals surface area contributed by atoms with E-state index in [2.05, 4.69) is 38.1 Å². The SMILES string of the molecule is CCCc1cc(N2CC(n3cccn3)C2)n2ncnc2n1. The minimum Gasteiger partial charge on any atom is -0.352 e. The predicted molar refractivity (Wildman–Crippen MR) is 78.3 cm³/mol. The smallest absolute Gasteiger partial charge is 0.254 e. The van der Waals surface area contributed by atoms with E-state index in [-0.39, 0.29) is 0 Å². The van der Waals surface area contributed by atoms with E-state index in [9.17, 15) is 0 Å². The quantitative estimate of drug-likeness (QED) is 0.723. The van der Waals surface area contributed by atoms with Gasteiger partial charge in [0.15, 0.2) is 0 Å². The van der Waals surface area contributed by atoms with Crippen LogP contribution in [0.1, 0.15) is 25.1 Å². The summed E-state index contributed by atoms with van der Waals surface area (Å²) < 4.78 is 3.83. The van der Waals surface area contributed by atoms with Crippen LogP contribution in [0.25, 0.3) is 5.78 Å². The molecule has 108 valence electrons. The fourth-order valence-corrected chi connectivity index (χ4v) is 2.76. The first-order valence-electron chi connectivity index (χ1n) is 7.29. The number of rotatable bonds is 4. The highest BCUT2D eigenvalue weighted by Gasteiger charge is 2.30. The van der Waals surface area contributed by atoms with Crippen molar-refractivity contribution in [1.82, 2.24) is 29.4 Å². The topological polar surface area (TPSA) is 64.1 Å². The second-order valence-corrected chi connectivity index (χ2v) is 5.37. The van der Waals surface area contributed by atoms with Gasteiger partial charge in [-0.3, -0.25) is 4.68 Å². The molecular weight excluding hydrogens is 266 g/mol. The fraction of sp³-hybridized carbons (Fsp3) is 0.429. The van der Waals surface area contributed by atoms with E-state index in [1.165, 1.54) is 0 Å². The summed E-state index contributed by atoms with van der Waals surface area (Å²) >= 11 is 0. The van der Waals surface area contributed by atoms with Crippen molar-refractivity contribution >= 4 is 11.6 Å². The molecule has 0 bridgehead atoms. The number of fused-ring (bicyclic) bond motifs is 1. The summed E-state index contributed by atoms with van der Waals surface area (Å²) in [4.78, 5) is 11.1.